The Hall–Kier alpha value is -0.570. The molecule has 1 atom stereocenters. The quantitative estimate of drug-likeness (QED) is 0.679. The fourth-order valence-electron chi connectivity index (χ4n) is 2.63. The van der Waals surface area contributed by atoms with Gasteiger partial charge in [0, 0.05) is 6.04 Å². The minimum atomic E-state index is 0.0910. The van der Waals surface area contributed by atoms with Crippen LogP contribution in [0.2, 0.25) is 0 Å². The van der Waals surface area contributed by atoms with Crippen molar-refractivity contribution in [2.45, 2.75) is 63.5 Å². The van der Waals surface area contributed by atoms with Crippen molar-refractivity contribution in [3.05, 3.63) is 0 Å². The van der Waals surface area contributed by atoms with Gasteiger partial charge in [-0.05, 0) is 32.2 Å². The highest BCUT2D eigenvalue weighted by molar-refractivity contribution is 5.82. The molecule has 1 saturated carbocycles. The zero-order valence-electron chi connectivity index (χ0n) is 9.43. The maximum Gasteiger partial charge on any atom is 0.237 e. The van der Waals surface area contributed by atoms with E-state index in [9.17, 15) is 4.79 Å². The van der Waals surface area contributed by atoms with Gasteiger partial charge in [-0.3, -0.25) is 4.79 Å². The van der Waals surface area contributed by atoms with E-state index < -0.39 is 0 Å². The number of hydrogen-bond donors (Lipinski definition) is 2. The second kappa shape index (κ2) is 5.50. The van der Waals surface area contributed by atoms with Crippen LogP contribution >= 0.6 is 0 Å². The molecule has 0 unspecified atom stereocenters. The predicted molar refractivity (Wildman–Crippen MR) is 60.7 cm³/mol. The van der Waals surface area contributed by atoms with Crippen molar-refractivity contribution < 1.29 is 4.79 Å². The lowest BCUT2D eigenvalue weighted by molar-refractivity contribution is -0.123. The van der Waals surface area contributed by atoms with E-state index in [0.717, 1.165) is 19.4 Å². The Morgan fingerprint density at radius 3 is 2.33 bits per heavy atom. The fourth-order valence-corrected chi connectivity index (χ4v) is 2.63. The third-order valence-electron chi connectivity index (χ3n) is 3.58. The molecule has 0 aromatic rings. The molecule has 86 valence electrons. The van der Waals surface area contributed by atoms with Crippen molar-refractivity contribution in [2.24, 2.45) is 0 Å². The average Bonchev–Trinajstić information content (AvgIpc) is 2.65. The Kier molecular flexibility index (Phi) is 4.01. The summed E-state index contributed by atoms with van der Waals surface area (Å²) in [5, 5.41) is 6.45. The molecular weight excluding hydrogens is 188 g/mol. The fraction of sp³-hybridized carbons (Fsp3) is 0.917. The van der Waals surface area contributed by atoms with Crippen LogP contribution in [0, 0.1) is 0 Å². The van der Waals surface area contributed by atoms with E-state index in [1.54, 1.807) is 0 Å². The smallest absolute Gasteiger partial charge is 0.237 e. The lowest BCUT2D eigenvalue weighted by Gasteiger charge is -2.19. The van der Waals surface area contributed by atoms with E-state index >= 15 is 0 Å². The molecule has 3 nitrogen and oxygen atoms in total. The molecule has 2 N–H and O–H groups in total. The number of nitrogens with one attached hydrogen (secondary N) is 2. The van der Waals surface area contributed by atoms with Crippen LogP contribution in [-0.4, -0.2) is 24.5 Å². The van der Waals surface area contributed by atoms with Crippen molar-refractivity contribution >= 4 is 5.91 Å². The van der Waals surface area contributed by atoms with Crippen LogP contribution in [0.1, 0.15) is 51.4 Å². The topological polar surface area (TPSA) is 41.1 Å². The van der Waals surface area contributed by atoms with Crippen molar-refractivity contribution in [3.8, 4) is 0 Å². The predicted octanol–water partition coefficient (Wildman–Crippen LogP) is 1.58. The van der Waals surface area contributed by atoms with E-state index in [2.05, 4.69) is 10.6 Å². The molecule has 0 spiro atoms. The molecule has 2 aliphatic rings. The van der Waals surface area contributed by atoms with Gasteiger partial charge < -0.3 is 10.6 Å². The third-order valence-corrected chi connectivity index (χ3v) is 3.58. The molecule has 0 aromatic carbocycles. The van der Waals surface area contributed by atoms with Gasteiger partial charge in [-0.15, -0.1) is 0 Å². The summed E-state index contributed by atoms with van der Waals surface area (Å²) in [6, 6.07) is 0.538. The minimum absolute atomic E-state index is 0.0910. The van der Waals surface area contributed by atoms with Gasteiger partial charge in [0.2, 0.25) is 5.91 Å². The summed E-state index contributed by atoms with van der Waals surface area (Å²) in [5.41, 5.74) is 0. The number of hydrogen-bond acceptors (Lipinski definition) is 2. The van der Waals surface area contributed by atoms with Crippen LogP contribution in [0.25, 0.3) is 0 Å². The van der Waals surface area contributed by atoms with Gasteiger partial charge in [0.1, 0.15) is 0 Å². The normalized spacial score (nSPS) is 28.7. The average molecular weight is 210 g/mol. The van der Waals surface area contributed by atoms with Crippen LogP contribution in [-0.2, 0) is 4.79 Å². The van der Waals surface area contributed by atoms with E-state index in [0.29, 0.717) is 6.04 Å². The summed E-state index contributed by atoms with van der Waals surface area (Å²) in [6.45, 7) is 1.00. The van der Waals surface area contributed by atoms with Crippen LogP contribution in [0.5, 0.6) is 0 Å². The van der Waals surface area contributed by atoms with E-state index in [1.165, 1.54) is 38.5 Å². The molecule has 2 fully saturated rings. The van der Waals surface area contributed by atoms with Gasteiger partial charge in [-0.25, -0.2) is 0 Å². The third kappa shape index (κ3) is 3.20. The van der Waals surface area contributed by atoms with Gasteiger partial charge in [0.15, 0.2) is 0 Å². The first kappa shape index (κ1) is 10.9. The second-order valence-corrected chi connectivity index (χ2v) is 4.85. The minimum Gasteiger partial charge on any atom is -0.352 e. The molecule has 15 heavy (non-hydrogen) atoms. The SMILES string of the molecule is O=C(NC1CCCCCC1)[C@H]1CCCN1. The Balaban J connectivity index is 1.76. The summed E-state index contributed by atoms with van der Waals surface area (Å²) in [7, 11) is 0. The largest absolute Gasteiger partial charge is 0.352 e. The molecule has 0 bridgehead atoms. The van der Waals surface area contributed by atoms with Crippen LogP contribution in [0.15, 0.2) is 0 Å². The number of carbonyl (C=O) groups excluding carboxylic acids is 1. The monoisotopic (exact) mass is 210 g/mol. The summed E-state index contributed by atoms with van der Waals surface area (Å²) < 4.78 is 0. The summed E-state index contributed by atoms with van der Waals surface area (Å²) in [4.78, 5) is 11.9. The zero-order valence-corrected chi connectivity index (χ0v) is 9.43. The second-order valence-electron chi connectivity index (χ2n) is 4.85. The summed E-state index contributed by atoms with van der Waals surface area (Å²) in [6.07, 6.45) is 9.76. The summed E-state index contributed by atoms with van der Waals surface area (Å²) >= 11 is 0. The number of carbonyl (C=O) groups is 1. The van der Waals surface area contributed by atoms with Gasteiger partial charge in [0.25, 0.3) is 0 Å². The van der Waals surface area contributed by atoms with Gasteiger partial charge in [0.05, 0.1) is 6.04 Å². The first-order valence-corrected chi connectivity index (χ1v) is 6.40. The van der Waals surface area contributed by atoms with Crippen molar-refractivity contribution in [1.29, 1.82) is 0 Å². The molecule has 1 saturated heterocycles. The standard InChI is InChI=1S/C12H22N2O/c15-12(11-8-5-9-13-11)14-10-6-3-1-2-4-7-10/h10-11,13H,1-9H2,(H,14,15)/t11-/m1/s1. The molecule has 0 aromatic heterocycles. The van der Waals surface area contributed by atoms with Gasteiger partial charge in [-0.1, -0.05) is 25.7 Å². The van der Waals surface area contributed by atoms with Crippen molar-refractivity contribution in [1.82, 2.24) is 10.6 Å². The zero-order chi connectivity index (χ0) is 10.5. The highest BCUT2D eigenvalue weighted by atomic mass is 16.2. The maximum absolute atomic E-state index is 11.9. The molecule has 1 aliphatic carbocycles. The Bertz CT molecular complexity index is 204. The molecule has 3 heteroatoms. The van der Waals surface area contributed by atoms with Crippen LogP contribution in [0.4, 0.5) is 0 Å². The lowest BCUT2D eigenvalue weighted by Crippen LogP contribution is -2.45. The summed E-state index contributed by atoms with van der Waals surface area (Å²) in [5.74, 6) is 0.236. The molecule has 1 heterocycles. The molecular formula is C12H22N2O. The van der Waals surface area contributed by atoms with Crippen molar-refractivity contribution in [2.75, 3.05) is 6.54 Å². The first-order valence-electron chi connectivity index (χ1n) is 6.40. The van der Waals surface area contributed by atoms with Crippen LogP contribution in [0.3, 0.4) is 0 Å². The molecule has 1 amide bonds. The molecule has 1 aliphatic heterocycles. The molecule has 2 rings (SSSR count). The van der Waals surface area contributed by atoms with Gasteiger partial charge >= 0.3 is 0 Å². The van der Waals surface area contributed by atoms with Crippen molar-refractivity contribution in [3.63, 3.8) is 0 Å². The Morgan fingerprint density at radius 2 is 1.73 bits per heavy atom. The van der Waals surface area contributed by atoms with E-state index in [4.69, 9.17) is 0 Å². The van der Waals surface area contributed by atoms with Gasteiger partial charge in [-0.2, -0.15) is 0 Å². The Labute approximate surface area is 92.0 Å². The highest BCUT2D eigenvalue weighted by Crippen LogP contribution is 2.17. The van der Waals surface area contributed by atoms with Crippen LogP contribution < -0.4 is 10.6 Å². The highest BCUT2D eigenvalue weighted by Gasteiger charge is 2.24. The number of amides is 1. The maximum atomic E-state index is 11.9. The Morgan fingerprint density at radius 1 is 1.00 bits per heavy atom. The van der Waals surface area contributed by atoms with E-state index in [-0.39, 0.29) is 11.9 Å². The first-order chi connectivity index (χ1) is 7.36. The lowest BCUT2D eigenvalue weighted by atomic mass is 10.1. The van der Waals surface area contributed by atoms with E-state index in [1.807, 2.05) is 0 Å². The number of rotatable bonds is 2. The molecule has 0 radical (unpaired) electrons.